The van der Waals surface area contributed by atoms with Crippen molar-refractivity contribution in [2.45, 2.75) is 131 Å². The molecule has 0 spiro atoms. The fraction of sp³-hybridized carbons (Fsp3) is 0.964. The zero-order valence-electron chi connectivity index (χ0n) is 22.1. The summed E-state index contributed by atoms with van der Waals surface area (Å²) in [7, 11) is 0. The molecule has 0 aromatic rings. The Kier molecular flexibility index (Phi) is 15.6. The van der Waals surface area contributed by atoms with Gasteiger partial charge in [0.2, 0.25) is 5.91 Å². The second-order valence-corrected chi connectivity index (χ2v) is 11.3. The van der Waals surface area contributed by atoms with Gasteiger partial charge >= 0.3 is 0 Å². The largest absolute Gasteiger partial charge is 0.355 e. The Morgan fingerprint density at radius 1 is 0.839 bits per heavy atom. The molecule has 31 heavy (non-hydrogen) atoms. The van der Waals surface area contributed by atoms with Gasteiger partial charge < -0.3 is 5.32 Å². The van der Waals surface area contributed by atoms with Crippen LogP contribution in [0.3, 0.4) is 0 Å². The van der Waals surface area contributed by atoms with Crippen molar-refractivity contribution in [2.24, 2.45) is 23.7 Å². The van der Waals surface area contributed by atoms with E-state index in [1.54, 1.807) is 0 Å². The van der Waals surface area contributed by atoms with Crippen LogP contribution in [0.15, 0.2) is 0 Å². The van der Waals surface area contributed by atoms with Crippen molar-refractivity contribution in [3.8, 4) is 0 Å². The van der Waals surface area contributed by atoms with E-state index in [4.69, 9.17) is 0 Å². The van der Waals surface area contributed by atoms with Gasteiger partial charge in [-0.3, -0.25) is 9.69 Å². The van der Waals surface area contributed by atoms with E-state index in [-0.39, 0.29) is 5.91 Å². The molecule has 4 unspecified atom stereocenters. The molecule has 1 aliphatic rings. The Labute approximate surface area is 195 Å². The molecular formula is C28H56N2O. The van der Waals surface area contributed by atoms with Gasteiger partial charge in [0.05, 0.1) is 0 Å². The van der Waals surface area contributed by atoms with Crippen LogP contribution in [0.4, 0.5) is 0 Å². The van der Waals surface area contributed by atoms with Gasteiger partial charge in [-0.05, 0) is 49.6 Å². The van der Waals surface area contributed by atoms with E-state index in [1.807, 2.05) is 0 Å². The van der Waals surface area contributed by atoms with E-state index in [1.165, 1.54) is 83.6 Å². The highest BCUT2D eigenvalue weighted by Gasteiger charge is 2.21. The van der Waals surface area contributed by atoms with Gasteiger partial charge in [-0.25, -0.2) is 0 Å². The van der Waals surface area contributed by atoms with Gasteiger partial charge in [-0.15, -0.1) is 0 Å². The number of carbonyl (C=O) groups is 1. The van der Waals surface area contributed by atoms with Crippen molar-refractivity contribution in [3.63, 3.8) is 0 Å². The van der Waals surface area contributed by atoms with Crippen LogP contribution < -0.4 is 5.32 Å². The van der Waals surface area contributed by atoms with Crippen molar-refractivity contribution < 1.29 is 4.79 Å². The molecule has 0 aromatic carbocycles. The van der Waals surface area contributed by atoms with Crippen molar-refractivity contribution in [3.05, 3.63) is 0 Å². The van der Waals surface area contributed by atoms with Crippen LogP contribution in [-0.4, -0.2) is 36.5 Å². The molecule has 1 rings (SSSR count). The number of nitrogens with one attached hydrogen (secondary N) is 1. The molecule has 1 N–H and O–H groups in total. The number of carbonyl (C=O) groups excluding carboxylic acids is 1. The average Bonchev–Trinajstić information content (AvgIpc) is 2.72. The minimum absolute atomic E-state index is 0.258. The van der Waals surface area contributed by atoms with E-state index < -0.39 is 0 Å². The number of nitrogens with zero attached hydrogens (tertiary/aromatic N) is 1. The second-order valence-electron chi connectivity index (χ2n) is 11.3. The molecule has 0 aromatic heterocycles. The van der Waals surface area contributed by atoms with Crippen LogP contribution in [0.1, 0.15) is 125 Å². The fourth-order valence-electron chi connectivity index (χ4n) is 5.22. The summed E-state index contributed by atoms with van der Waals surface area (Å²) in [5.41, 5.74) is 0. The van der Waals surface area contributed by atoms with Crippen LogP contribution >= 0.6 is 0 Å². The number of piperidine rings is 1. The van der Waals surface area contributed by atoms with Crippen molar-refractivity contribution in [1.82, 2.24) is 10.2 Å². The van der Waals surface area contributed by atoms with Crippen LogP contribution in [-0.2, 0) is 4.79 Å². The first kappa shape index (κ1) is 28.5. The molecule has 1 saturated heterocycles. The van der Waals surface area contributed by atoms with Gasteiger partial charge in [-0.2, -0.15) is 0 Å². The summed E-state index contributed by atoms with van der Waals surface area (Å²) in [6, 6.07) is 0.553. The smallest absolute Gasteiger partial charge is 0.220 e. The van der Waals surface area contributed by atoms with E-state index in [0.29, 0.717) is 18.4 Å². The molecular weight excluding hydrogens is 380 g/mol. The standard InChI is InChI=1S/C28H56N2O/c1-7-30-20-9-8-19-27(30)22-29-28(31)21-26(6)18-12-17-25(5)16-11-15-24(4)14-10-13-23(2)3/h23-27H,7-22H2,1-6H3,(H,29,31). The average molecular weight is 437 g/mol. The number of likely N-dealkylation sites (N-methyl/N-ethyl adjacent to an activating group) is 1. The van der Waals surface area contributed by atoms with Crippen LogP contribution in [0.5, 0.6) is 0 Å². The van der Waals surface area contributed by atoms with Gasteiger partial charge in [0.25, 0.3) is 0 Å². The zero-order chi connectivity index (χ0) is 23.1. The lowest BCUT2D eigenvalue weighted by molar-refractivity contribution is -0.122. The maximum atomic E-state index is 12.4. The first-order chi connectivity index (χ1) is 14.8. The molecule has 0 radical (unpaired) electrons. The highest BCUT2D eigenvalue weighted by molar-refractivity contribution is 5.76. The summed E-state index contributed by atoms with van der Waals surface area (Å²) in [5, 5.41) is 3.23. The Morgan fingerprint density at radius 3 is 1.94 bits per heavy atom. The number of rotatable bonds is 17. The Morgan fingerprint density at radius 2 is 1.39 bits per heavy atom. The van der Waals surface area contributed by atoms with E-state index in [2.05, 4.69) is 51.8 Å². The third-order valence-electron chi connectivity index (χ3n) is 7.49. The summed E-state index contributed by atoms with van der Waals surface area (Å²) in [4.78, 5) is 14.9. The highest BCUT2D eigenvalue weighted by Crippen LogP contribution is 2.23. The first-order valence-corrected chi connectivity index (χ1v) is 13.8. The third kappa shape index (κ3) is 14.2. The summed E-state index contributed by atoms with van der Waals surface area (Å²) < 4.78 is 0. The second kappa shape index (κ2) is 17.0. The lowest BCUT2D eigenvalue weighted by atomic mass is 9.90. The number of hydrogen-bond donors (Lipinski definition) is 1. The van der Waals surface area contributed by atoms with Crippen molar-refractivity contribution in [2.75, 3.05) is 19.6 Å². The maximum Gasteiger partial charge on any atom is 0.220 e. The molecule has 0 aliphatic carbocycles. The van der Waals surface area contributed by atoms with Gasteiger partial charge in [0, 0.05) is 19.0 Å². The van der Waals surface area contributed by atoms with Crippen LogP contribution in [0, 0.1) is 23.7 Å². The monoisotopic (exact) mass is 436 g/mol. The zero-order valence-corrected chi connectivity index (χ0v) is 22.1. The molecule has 0 bridgehead atoms. The normalized spacial score (nSPS) is 20.5. The lowest BCUT2D eigenvalue weighted by Gasteiger charge is -2.35. The summed E-state index contributed by atoms with van der Waals surface area (Å²) >= 11 is 0. The third-order valence-corrected chi connectivity index (χ3v) is 7.49. The number of likely N-dealkylation sites (tertiary alicyclic amines) is 1. The molecule has 184 valence electrons. The lowest BCUT2D eigenvalue weighted by Crippen LogP contribution is -2.46. The molecule has 0 saturated carbocycles. The molecule has 3 nitrogen and oxygen atoms in total. The fourth-order valence-corrected chi connectivity index (χ4v) is 5.22. The highest BCUT2D eigenvalue weighted by atomic mass is 16.1. The predicted molar refractivity (Wildman–Crippen MR) is 136 cm³/mol. The van der Waals surface area contributed by atoms with E-state index in [0.717, 1.165) is 30.8 Å². The Hall–Kier alpha value is -0.570. The van der Waals surface area contributed by atoms with Gasteiger partial charge in [-0.1, -0.05) is 106 Å². The topological polar surface area (TPSA) is 32.3 Å². The minimum atomic E-state index is 0.258. The number of amides is 1. The van der Waals surface area contributed by atoms with Crippen LogP contribution in [0.2, 0.25) is 0 Å². The quantitative estimate of drug-likeness (QED) is 0.257. The summed E-state index contributed by atoms with van der Waals surface area (Å²) in [5.74, 6) is 3.33. The van der Waals surface area contributed by atoms with Crippen molar-refractivity contribution in [1.29, 1.82) is 0 Å². The van der Waals surface area contributed by atoms with E-state index in [9.17, 15) is 4.79 Å². The van der Waals surface area contributed by atoms with Crippen LogP contribution in [0.25, 0.3) is 0 Å². The Balaban J connectivity index is 2.05. The molecule has 1 heterocycles. The summed E-state index contributed by atoms with van der Waals surface area (Å²) in [6.45, 7) is 17.1. The minimum Gasteiger partial charge on any atom is -0.355 e. The van der Waals surface area contributed by atoms with Crippen molar-refractivity contribution >= 4 is 5.91 Å². The summed E-state index contributed by atoms with van der Waals surface area (Å²) in [6.07, 6.45) is 16.7. The molecule has 1 amide bonds. The molecule has 1 fully saturated rings. The van der Waals surface area contributed by atoms with E-state index >= 15 is 0 Å². The van der Waals surface area contributed by atoms with Gasteiger partial charge in [0.1, 0.15) is 0 Å². The molecule has 3 heteroatoms. The number of hydrogen-bond acceptors (Lipinski definition) is 2. The first-order valence-electron chi connectivity index (χ1n) is 13.8. The SMILES string of the molecule is CCN1CCCCC1CNC(=O)CC(C)CCCC(C)CCCC(C)CCCC(C)C. The Bertz CT molecular complexity index is 450. The maximum absolute atomic E-state index is 12.4. The predicted octanol–water partition coefficient (Wildman–Crippen LogP) is 7.44. The van der Waals surface area contributed by atoms with Gasteiger partial charge in [0.15, 0.2) is 0 Å². The molecule has 4 atom stereocenters. The molecule has 1 aliphatic heterocycles.